The summed E-state index contributed by atoms with van der Waals surface area (Å²) in [5.74, 6) is 2.16. The Balaban J connectivity index is 2.01. The molecular formula is C18H24N4O5. The molecule has 1 aromatic heterocycles. The summed E-state index contributed by atoms with van der Waals surface area (Å²) in [5, 5.41) is 16.7. The van der Waals surface area contributed by atoms with Crippen molar-refractivity contribution >= 4 is 5.91 Å². The largest absolute Gasteiger partial charge is 0.493 e. The fraction of sp³-hybridized carbons (Fsp3) is 0.500. The van der Waals surface area contributed by atoms with Crippen LogP contribution in [0.25, 0.3) is 0 Å². The average molecular weight is 376 g/mol. The minimum Gasteiger partial charge on any atom is -0.493 e. The van der Waals surface area contributed by atoms with Gasteiger partial charge in [0.15, 0.2) is 23.1 Å². The number of methoxy groups -OCH3 is 2. The van der Waals surface area contributed by atoms with Crippen molar-refractivity contribution in [3.05, 3.63) is 35.4 Å². The molecule has 0 radical (unpaired) electrons. The molecule has 0 spiro atoms. The average Bonchev–Trinajstić information content (AvgIpc) is 3.10. The van der Waals surface area contributed by atoms with Crippen LogP contribution >= 0.6 is 0 Å². The fourth-order valence-electron chi connectivity index (χ4n) is 3.10. The summed E-state index contributed by atoms with van der Waals surface area (Å²) in [6.45, 7) is 2.12. The molecule has 2 atom stereocenters. The molecule has 1 saturated heterocycles. The molecule has 0 bridgehead atoms. The number of hydrogen-bond acceptors (Lipinski definition) is 7. The first-order valence-electron chi connectivity index (χ1n) is 8.78. The van der Waals surface area contributed by atoms with Gasteiger partial charge in [-0.2, -0.15) is 5.10 Å². The highest BCUT2D eigenvalue weighted by molar-refractivity contribution is 5.78. The molecular weight excluding hydrogens is 352 g/mol. The zero-order valence-electron chi connectivity index (χ0n) is 15.6. The van der Waals surface area contributed by atoms with Crippen molar-refractivity contribution in [2.75, 3.05) is 27.4 Å². The first-order valence-corrected chi connectivity index (χ1v) is 8.78. The Kier molecular flexibility index (Phi) is 5.92. The van der Waals surface area contributed by atoms with Crippen LogP contribution in [0.5, 0.6) is 11.5 Å². The van der Waals surface area contributed by atoms with Crippen molar-refractivity contribution in [2.24, 2.45) is 0 Å². The molecule has 0 aliphatic carbocycles. The molecule has 1 aromatic carbocycles. The summed E-state index contributed by atoms with van der Waals surface area (Å²) >= 11 is 0. The molecule has 27 heavy (non-hydrogen) atoms. The number of morpholine rings is 1. The van der Waals surface area contributed by atoms with Gasteiger partial charge < -0.3 is 24.6 Å². The molecule has 0 unspecified atom stereocenters. The highest BCUT2D eigenvalue weighted by Gasteiger charge is 2.36. The molecule has 0 saturated carbocycles. The number of benzene rings is 1. The molecule has 2 heterocycles. The lowest BCUT2D eigenvalue weighted by Crippen LogP contribution is -2.42. The van der Waals surface area contributed by atoms with Crippen LogP contribution in [0.1, 0.15) is 36.3 Å². The zero-order chi connectivity index (χ0) is 19.4. The number of carbonyl (C=O) groups excluding carboxylic acids is 1. The Hall–Kier alpha value is -2.65. The number of aliphatic hydroxyl groups excluding tert-OH is 1. The third-order valence-corrected chi connectivity index (χ3v) is 4.41. The Labute approximate surface area is 157 Å². The van der Waals surface area contributed by atoms with Crippen molar-refractivity contribution in [1.82, 2.24) is 20.1 Å². The van der Waals surface area contributed by atoms with Gasteiger partial charge in [0.1, 0.15) is 12.7 Å². The zero-order valence-corrected chi connectivity index (χ0v) is 15.6. The Bertz CT molecular complexity index is 807. The number of nitrogens with zero attached hydrogens (tertiary/aromatic N) is 3. The predicted molar refractivity (Wildman–Crippen MR) is 95.6 cm³/mol. The van der Waals surface area contributed by atoms with Crippen molar-refractivity contribution in [1.29, 1.82) is 0 Å². The maximum Gasteiger partial charge on any atom is 0.246 e. The van der Waals surface area contributed by atoms with E-state index in [1.165, 1.54) is 0 Å². The van der Waals surface area contributed by atoms with E-state index in [-0.39, 0.29) is 19.1 Å². The first kappa shape index (κ1) is 19.1. The van der Waals surface area contributed by atoms with Gasteiger partial charge in [-0.3, -0.25) is 4.79 Å². The van der Waals surface area contributed by atoms with Gasteiger partial charge in [0.2, 0.25) is 5.91 Å². The molecule has 2 N–H and O–H groups in total. The first-order chi connectivity index (χ1) is 13.1. The van der Waals surface area contributed by atoms with Crippen LogP contribution in [0.15, 0.2) is 18.2 Å². The second-order valence-electron chi connectivity index (χ2n) is 6.08. The van der Waals surface area contributed by atoms with Gasteiger partial charge in [-0.05, 0) is 17.7 Å². The Morgan fingerprint density at radius 2 is 2.11 bits per heavy atom. The number of rotatable bonds is 7. The standard InChI is InChI=1S/C18H24N4O5/c1-4-14-19-18(22(21-14)7-8-23)17-16(20-15(24)10-27-17)11-5-6-12(25-2)13(9-11)26-3/h5-6,9,16-17,23H,4,7-8,10H2,1-3H3,(H,20,24)/t16-,17+/m1/s1. The monoisotopic (exact) mass is 376 g/mol. The highest BCUT2D eigenvalue weighted by atomic mass is 16.5. The SMILES string of the molecule is CCc1nc([C@H]2OCC(=O)N[C@@H]2c2ccc(OC)c(OC)c2)n(CCO)n1. The molecule has 3 rings (SSSR count). The predicted octanol–water partition coefficient (Wildman–Crippen LogP) is 0.779. The maximum atomic E-state index is 12.0. The summed E-state index contributed by atoms with van der Waals surface area (Å²) in [5.41, 5.74) is 0.794. The van der Waals surface area contributed by atoms with Gasteiger partial charge in [-0.15, -0.1) is 0 Å². The number of ether oxygens (including phenoxy) is 3. The number of amides is 1. The third kappa shape index (κ3) is 3.88. The molecule has 9 nitrogen and oxygen atoms in total. The van der Waals surface area contributed by atoms with Crippen molar-refractivity contribution in [3.63, 3.8) is 0 Å². The van der Waals surface area contributed by atoms with Crippen LogP contribution in [-0.4, -0.2) is 53.2 Å². The summed E-state index contributed by atoms with van der Waals surface area (Å²) in [6.07, 6.45) is 0.117. The fourth-order valence-corrected chi connectivity index (χ4v) is 3.10. The van der Waals surface area contributed by atoms with E-state index in [0.717, 1.165) is 5.56 Å². The van der Waals surface area contributed by atoms with Crippen molar-refractivity contribution < 1.29 is 24.1 Å². The molecule has 146 valence electrons. The number of aromatic nitrogens is 3. The van der Waals surface area contributed by atoms with Crippen LogP contribution < -0.4 is 14.8 Å². The second kappa shape index (κ2) is 8.36. The molecule has 1 amide bonds. The minimum atomic E-state index is -0.542. The van der Waals surface area contributed by atoms with Crippen LogP contribution in [-0.2, 0) is 22.5 Å². The summed E-state index contributed by atoms with van der Waals surface area (Å²) < 4.78 is 18.1. The van der Waals surface area contributed by atoms with E-state index < -0.39 is 12.1 Å². The van der Waals surface area contributed by atoms with Gasteiger partial charge in [-0.1, -0.05) is 13.0 Å². The Morgan fingerprint density at radius 1 is 1.33 bits per heavy atom. The smallest absolute Gasteiger partial charge is 0.246 e. The summed E-state index contributed by atoms with van der Waals surface area (Å²) in [4.78, 5) is 16.6. The van der Waals surface area contributed by atoms with Crippen LogP contribution in [0.4, 0.5) is 0 Å². The van der Waals surface area contributed by atoms with E-state index in [4.69, 9.17) is 14.2 Å². The van der Waals surface area contributed by atoms with E-state index in [1.807, 2.05) is 13.0 Å². The highest BCUT2D eigenvalue weighted by Crippen LogP contribution is 2.37. The van der Waals surface area contributed by atoms with Gasteiger partial charge in [-0.25, -0.2) is 9.67 Å². The second-order valence-corrected chi connectivity index (χ2v) is 6.08. The quantitative estimate of drug-likeness (QED) is 0.735. The van der Waals surface area contributed by atoms with Crippen molar-refractivity contribution in [2.45, 2.75) is 32.0 Å². The van der Waals surface area contributed by atoms with Crippen LogP contribution in [0.2, 0.25) is 0 Å². The van der Waals surface area contributed by atoms with E-state index in [2.05, 4.69) is 15.4 Å². The van der Waals surface area contributed by atoms with Gasteiger partial charge in [0, 0.05) is 6.42 Å². The molecule has 1 aliphatic heterocycles. The maximum absolute atomic E-state index is 12.0. The van der Waals surface area contributed by atoms with E-state index in [9.17, 15) is 9.90 Å². The number of nitrogens with one attached hydrogen (secondary N) is 1. The lowest BCUT2D eigenvalue weighted by molar-refractivity contribution is -0.138. The number of carbonyl (C=O) groups is 1. The van der Waals surface area contributed by atoms with E-state index in [1.54, 1.807) is 31.0 Å². The lowest BCUT2D eigenvalue weighted by Gasteiger charge is -2.32. The number of hydrogen-bond donors (Lipinski definition) is 2. The van der Waals surface area contributed by atoms with Gasteiger partial charge >= 0.3 is 0 Å². The molecule has 1 aliphatic rings. The minimum absolute atomic E-state index is 0.0676. The van der Waals surface area contributed by atoms with Gasteiger partial charge in [0.25, 0.3) is 0 Å². The van der Waals surface area contributed by atoms with Crippen molar-refractivity contribution in [3.8, 4) is 11.5 Å². The summed E-state index contributed by atoms with van der Waals surface area (Å²) in [6, 6.07) is 4.96. The number of aliphatic hydroxyl groups is 1. The van der Waals surface area contributed by atoms with E-state index >= 15 is 0 Å². The van der Waals surface area contributed by atoms with Crippen LogP contribution in [0, 0.1) is 0 Å². The molecule has 9 heteroatoms. The third-order valence-electron chi connectivity index (χ3n) is 4.41. The summed E-state index contributed by atoms with van der Waals surface area (Å²) in [7, 11) is 3.12. The topological polar surface area (TPSA) is 108 Å². The molecule has 2 aromatic rings. The normalized spacial score (nSPS) is 19.6. The van der Waals surface area contributed by atoms with Crippen LogP contribution in [0.3, 0.4) is 0 Å². The number of aryl methyl sites for hydroxylation is 1. The van der Waals surface area contributed by atoms with Gasteiger partial charge in [0.05, 0.1) is 33.4 Å². The lowest BCUT2D eigenvalue weighted by atomic mass is 9.98. The van der Waals surface area contributed by atoms with E-state index in [0.29, 0.717) is 36.1 Å². The molecule has 1 fully saturated rings. The Morgan fingerprint density at radius 3 is 2.78 bits per heavy atom.